The van der Waals surface area contributed by atoms with Gasteiger partial charge in [0.25, 0.3) is 5.56 Å². The maximum Gasteiger partial charge on any atom is 0.251 e. The van der Waals surface area contributed by atoms with Crippen LogP contribution in [0.5, 0.6) is 0 Å². The minimum Gasteiger partial charge on any atom is -0.306 e. The van der Waals surface area contributed by atoms with E-state index in [1.54, 1.807) is 17.7 Å². The molecule has 11 heavy (non-hydrogen) atoms. The molecule has 0 amide bonds. The van der Waals surface area contributed by atoms with E-state index in [2.05, 4.69) is 22.9 Å². The molecule has 0 radical (unpaired) electrons. The summed E-state index contributed by atoms with van der Waals surface area (Å²) in [6.07, 6.45) is 0.939. The lowest BCUT2D eigenvalue weighted by atomic mass is 10.2. The predicted molar refractivity (Wildman–Crippen MR) is 48.8 cm³/mol. The van der Waals surface area contributed by atoms with Crippen LogP contribution in [0, 0.1) is 0 Å². The SMILES string of the molecule is CCc1ccc(=O)n(C)c1Br. The van der Waals surface area contributed by atoms with Crippen LogP contribution in [0.15, 0.2) is 21.5 Å². The molecule has 2 nitrogen and oxygen atoms in total. The van der Waals surface area contributed by atoms with E-state index >= 15 is 0 Å². The molecule has 0 spiro atoms. The quantitative estimate of drug-likeness (QED) is 0.655. The molecule has 0 bridgehead atoms. The lowest BCUT2D eigenvalue weighted by Gasteiger charge is -2.04. The molecule has 60 valence electrons. The Morgan fingerprint density at radius 1 is 1.55 bits per heavy atom. The number of halogens is 1. The Labute approximate surface area is 74.0 Å². The van der Waals surface area contributed by atoms with Crippen molar-refractivity contribution in [3.05, 3.63) is 32.7 Å². The number of nitrogens with zero attached hydrogens (tertiary/aromatic N) is 1. The summed E-state index contributed by atoms with van der Waals surface area (Å²) in [4.78, 5) is 11.0. The van der Waals surface area contributed by atoms with Gasteiger partial charge in [-0.2, -0.15) is 0 Å². The number of pyridine rings is 1. The fraction of sp³-hybridized carbons (Fsp3) is 0.375. The van der Waals surface area contributed by atoms with Crippen molar-refractivity contribution >= 4 is 15.9 Å². The fourth-order valence-corrected chi connectivity index (χ4v) is 1.52. The highest BCUT2D eigenvalue weighted by Gasteiger charge is 2.00. The van der Waals surface area contributed by atoms with Crippen LogP contribution in [0.25, 0.3) is 0 Å². The monoisotopic (exact) mass is 215 g/mol. The summed E-state index contributed by atoms with van der Waals surface area (Å²) >= 11 is 3.35. The van der Waals surface area contributed by atoms with Gasteiger partial charge in [0, 0.05) is 13.1 Å². The summed E-state index contributed by atoms with van der Waals surface area (Å²) < 4.78 is 2.48. The molecule has 1 aromatic rings. The van der Waals surface area contributed by atoms with Crippen molar-refractivity contribution in [3.8, 4) is 0 Å². The Hall–Kier alpha value is -0.570. The first kappa shape index (κ1) is 8.53. The van der Waals surface area contributed by atoms with E-state index < -0.39 is 0 Å². The first-order valence-corrected chi connectivity index (χ1v) is 4.30. The van der Waals surface area contributed by atoms with Crippen molar-refractivity contribution in [1.29, 1.82) is 0 Å². The summed E-state index contributed by atoms with van der Waals surface area (Å²) in [6.45, 7) is 2.06. The minimum atomic E-state index is 0.0223. The highest BCUT2D eigenvalue weighted by molar-refractivity contribution is 9.10. The third kappa shape index (κ3) is 1.53. The maximum atomic E-state index is 11.0. The zero-order chi connectivity index (χ0) is 8.43. The van der Waals surface area contributed by atoms with E-state index in [0.29, 0.717) is 0 Å². The van der Waals surface area contributed by atoms with Gasteiger partial charge in [-0.15, -0.1) is 0 Å². The van der Waals surface area contributed by atoms with E-state index in [4.69, 9.17) is 0 Å². The molecule has 1 rings (SSSR count). The topological polar surface area (TPSA) is 22.0 Å². The second-order valence-electron chi connectivity index (χ2n) is 2.40. The molecule has 0 saturated carbocycles. The van der Waals surface area contributed by atoms with Crippen molar-refractivity contribution < 1.29 is 0 Å². The molecule has 0 aliphatic carbocycles. The Morgan fingerprint density at radius 2 is 2.18 bits per heavy atom. The Balaban J connectivity index is 3.37. The average Bonchev–Trinajstić information content (AvgIpc) is 2.01. The van der Waals surface area contributed by atoms with Gasteiger partial charge in [-0.3, -0.25) is 4.79 Å². The summed E-state index contributed by atoms with van der Waals surface area (Å²) in [6, 6.07) is 3.44. The van der Waals surface area contributed by atoms with Gasteiger partial charge in [-0.05, 0) is 27.9 Å². The van der Waals surface area contributed by atoms with Crippen molar-refractivity contribution in [3.63, 3.8) is 0 Å². The molecule has 0 fully saturated rings. The van der Waals surface area contributed by atoms with E-state index in [1.165, 1.54) is 0 Å². The number of rotatable bonds is 1. The number of aryl methyl sites for hydroxylation is 1. The van der Waals surface area contributed by atoms with Crippen LogP contribution in [0.2, 0.25) is 0 Å². The van der Waals surface area contributed by atoms with Crippen molar-refractivity contribution in [1.82, 2.24) is 4.57 Å². The lowest BCUT2D eigenvalue weighted by molar-refractivity contribution is 0.814. The van der Waals surface area contributed by atoms with Gasteiger partial charge in [0.05, 0.1) is 4.60 Å². The molecule has 0 saturated heterocycles. The van der Waals surface area contributed by atoms with Crippen molar-refractivity contribution in [2.75, 3.05) is 0 Å². The van der Waals surface area contributed by atoms with Crippen LogP contribution >= 0.6 is 15.9 Å². The summed E-state index contributed by atoms with van der Waals surface area (Å²) in [7, 11) is 1.76. The summed E-state index contributed by atoms with van der Waals surface area (Å²) in [5.74, 6) is 0. The molecule has 0 aliphatic heterocycles. The second kappa shape index (κ2) is 3.22. The smallest absolute Gasteiger partial charge is 0.251 e. The highest BCUT2D eigenvalue weighted by atomic mass is 79.9. The van der Waals surface area contributed by atoms with Crippen LogP contribution in [-0.2, 0) is 13.5 Å². The largest absolute Gasteiger partial charge is 0.306 e. The van der Waals surface area contributed by atoms with Gasteiger partial charge < -0.3 is 4.57 Å². The predicted octanol–water partition coefficient (Wildman–Crippen LogP) is 1.71. The summed E-state index contributed by atoms with van der Waals surface area (Å²) in [5, 5.41) is 0. The normalized spacial score (nSPS) is 10.1. The van der Waals surface area contributed by atoms with E-state index in [-0.39, 0.29) is 5.56 Å². The third-order valence-corrected chi connectivity index (χ3v) is 2.74. The van der Waals surface area contributed by atoms with Gasteiger partial charge in [-0.25, -0.2) is 0 Å². The Morgan fingerprint density at radius 3 is 2.73 bits per heavy atom. The van der Waals surface area contributed by atoms with Crippen molar-refractivity contribution in [2.24, 2.45) is 7.05 Å². The van der Waals surface area contributed by atoms with Gasteiger partial charge >= 0.3 is 0 Å². The van der Waals surface area contributed by atoms with E-state index in [9.17, 15) is 4.79 Å². The molecule has 3 heteroatoms. The Kier molecular flexibility index (Phi) is 2.49. The molecule has 0 N–H and O–H groups in total. The fourth-order valence-electron chi connectivity index (χ4n) is 0.928. The standard InChI is InChI=1S/C8H10BrNO/c1-3-6-4-5-7(11)10(2)8(6)9/h4-5H,3H2,1-2H3. The molecular formula is C8H10BrNO. The first-order valence-electron chi connectivity index (χ1n) is 3.51. The van der Waals surface area contributed by atoms with E-state index in [1.807, 2.05) is 6.07 Å². The molecule has 0 atom stereocenters. The number of hydrogen-bond acceptors (Lipinski definition) is 1. The zero-order valence-electron chi connectivity index (χ0n) is 6.60. The minimum absolute atomic E-state index is 0.0223. The summed E-state index contributed by atoms with van der Waals surface area (Å²) in [5.41, 5.74) is 1.18. The van der Waals surface area contributed by atoms with Gasteiger partial charge in [0.15, 0.2) is 0 Å². The van der Waals surface area contributed by atoms with Gasteiger partial charge in [0.2, 0.25) is 0 Å². The maximum absolute atomic E-state index is 11.0. The van der Waals surface area contributed by atoms with Gasteiger partial charge in [0.1, 0.15) is 0 Å². The molecular weight excluding hydrogens is 206 g/mol. The third-order valence-electron chi connectivity index (χ3n) is 1.70. The number of aromatic nitrogens is 1. The first-order chi connectivity index (χ1) is 5.16. The average molecular weight is 216 g/mol. The highest BCUT2D eigenvalue weighted by Crippen LogP contribution is 2.13. The molecule has 0 aromatic carbocycles. The van der Waals surface area contributed by atoms with E-state index in [0.717, 1.165) is 16.6 Å². The number of hydrogen-bond donors (Lipinski definition) is 0. The molecule has 0 aliphatic rings. The second-order valence-corrected chi connectivity index (χ2v) is 3.15. The van der Waals surface area contributed by atoms with Crippen LogP contribution < -0.4 is 5.56 Å². The van der Waals surface area contributed by atoms with Gasteiger partial charge in [-0.1, -0.05) is 13.0 Å². The Bertz CT molecular complexity index is 316. The van der Waals surface area contributed by atoms with Crippen LogP contribution in [0.3, 0.4) is 0 Å². The zero-order valence-corrected chi connectivity index (χ0v) is 8.18. The van der Waals surface area contributed by atoms with Crippen LogP contribution in [-0.4, -0.2) is 4.57 Å². The molecule has 1 heterocycles. The van der Waals surface area contributed by atoms with Crippen LogP contribution in [0.1, 0.15) is 12.5 Å². The lowest BCUT2D eigenvalue weighted by Crippen LogP contribution is -2.16. The molecule has 0 unspecified atom stereocenters. The van der Waals surface area contributed by atoms with Crippen LogP contribution in [0.4, 0.5) is 0 Å². The van der Waals surface area contributed by atoms with Crippen molar-refractivity contribution in [2.45, 2.75) is 13.3 Å². The molecule has 1 aromatic heterocycles.